The van der Waals surface area contributed by atoms with E-state index in [2.05, 4.69) is 16.4 Å². The average Bonchev–Trinajstić information content (AvgIpc) is 2.46. The second-order valence-corrected chi connectivity index (χ2v) is 5.85. The lowest BCUT2D eigenvalue weighted by Gasteiger charge is -2.23. The van der Waals surface area contributed by atoms with E-state index in [4.69, 9.17) is 17.3 Å². The van der Waals surface area contributed by atoms with Crippen molar-refractivity contribution in [3.05, 3.63) is 34.9 Å². The predicted molar refractivity (Wildman–Crippen MR) is 86.3 cm³/mol. The van der Waals surface area contributed by atoms with Gasteiger partial charge >= 0.3 is 0 Å². The molecule has 0 radical (unpaired) electrons. The van der Waals surface area contributed by atoms with Crippen molar-refractivity contribution in [2.24, 2.45) is 10.7 Å². The van der Waals surface area contributed by atoms with Gasteiger partial charge in [0.05, 0.1) is 0 Å². The van der Waals surface area contributed by atoms with Crippen molar-refractivity contribution >= 4 is 17.6 Å². The summed E-state index contributed by atoms with van der Waals surface area (Å²) in [5.74, 6) is 0.594. The van der Waals surface area contributed by atoms with Crippen molar-refractivity contribution < 1.29 is 0 Å². The highest BCUT2D eigenvalue weighted by atomic mass is 35.5. The van der Waals surface area contributed by atoms with E-state index in [1.807, 2.05) is 18.2 Å². The summed E-state index contributed by atoms with van der Waals surface area (Å²) in [6.07, 6.45) is 8.31. The minimum Gasteiger partial charge on any atom is -0.370 e. The van der Waals surface area contributed by atoms with Crippen LogP contribution in [0.3, 0.4) is 0 Å². The minimum atomic E-state index is 0.524. The van der Waals surface area contributed by atoms with E-state index in [1.54, 1.807) is 0 Å². The molecule has 0 atom stereocenters. The largest absolute Gasteiger partial charge is 0.370 e. The van der Waals surface area contributed by atoms with Gasteiger partial charge in [-0.05, 0) is 37.3 Å². The van der Waals surface area contributed by atoms with Gasteiger partial charge in [0, 0.05) is 17.6 Å². The summed E-state index contributed by atoms with van der Waals surface area (Å²) in [5, 5.41) is 4.17. The fourth-order valence-electron chi connectivity index (χ4n) is 2.67. The molecule has 1 saturated carbocycles. The number of halogens is 1. The maximum Gasteiger partial charge on any atom is 0.188 e. The van der Waals surface area contributed by atoms with Crippen molar-refractivity contribution in [2.45, 2.75) is 51.0 Å². The van der Waals surface area contributed by atoms with E-state index < -0.39 is 0 Å². The Morgan fingerprint density at radius 1 is 1.25 bits per heavy atom. The van der Waals surface area contributed by atoms with Gasteiger partial charge in [0.2, 0.25) is 0 Å². The molecule has 1 aromatic carbocycles. The summed E-state index contributed by atoms with van der Waals surface area (Å²) in [5.41, 5.74) is 7.11. The molecule has 1 aliphatic rings. The normalized spacial score (nSPS) is 17.1. The first-order valence-corrected chi connectivity index (χ1v) is 7.93. The molecule has 0 aliphatic heterocycles. The van der Waals surface area contributed by atoms with Crippen molar-refractivity contribution in [3.8, 4) is 0 Å². The second-order valence-electron chi connectivity index (χ2n) is 5.44. The van der Waals surface area contributed by atoms with Crippen molar-refractivity contribution in [1.82, 2.24) is 5.32 Å². The SMILES string of the molecule is NC(=NCCCc1ccccc1Cl)NC1CCCCC1. The van der Waals surface area contributed by atoms with Gasteiger partial charge in [0.15, 0.2) is 5.96 Å². The van der Waals surface area contributed by atoms with Gasteiger partial charge in [-0.3, -0.25) is 4.99 Å². The van der Waals surface area contributed by atoms with Gasteiger partial charge in [0.25, 0.3) is 0 Å². The number of nitrogens with two attached hydrogens (primary N) is 1. The van der Waals surface area contributed by atoms with Crippen LogP contribution in [0.5, 0.6) is 0 Å². The number of aryl methyl sites for hydroxylation is 1. The number of nitrogens with zero attached hydrogens (tertiary/aromatic N) is 1. The standard InChI is InChI=1S/C16H24ClN3/c17-15-11-5-4-7-13(15)8-6-12-19-16(18)20-14-9-2-1-3-10-14/h4-5,7,11,14H,1-3,6,8-10,12H2,(H3,18,19,20). The fourth-order valence-corrected chi connectivity index (χ4v) is 2.90. The van der Waals surface area contributed by atoms with E-state index >= 15 is 0 Å². The van der Waals surface area contributed by atoms with E-state index in [9.17, 15) is 0 Å². The zero-order valence-corrected chi connectivity index (χ0v) is 12.7. The van der Waals surface area contributed by atoms with Gasteiger partial charge < -0.3 is 11.1 Å². The average molecular weight is 294 g/mol. The molecule has 2 rings (SSSR count). The molecule has 1 aromatic rings. The number of benzene rings is 1. The van der Waals surface area contributed by atoms with Crippen LogP contribution in [0.4, 0.5) is 0 Å². The molecule has 3 N–H and O–H groups in total. The molecule has 0 saturated heterocycles. The molecule has 20 heavy (non-hydrogen) atoms. The molecule has 4 heteroatoms. The summed E-state index contributed by atoms with van der Waals surface area (Å²) < 4.78 is 0. The topological polar surface area (TPSA) is 50.4 Å². The zero-order chi connectivity index (χ0) is 14.2. The first kappa shape index (κ1) is 15.2. The molecular weight excluding hydrogens is 270 g/mol. The Balaban J connectivity index is 1.68. The number of nitrogens with one attached hydrogen (secondary N) is 1. The Morgan fingerprint density at radius 2 is 2.00 bits per heavy atom. The van der Waals surface area contributed by atoms with Crippen LogP contribution in [0, 0.1) is 0 Å². The number of rotatable bonds is 5. The molecule has 0 bridgehead atoms. The molecule has 0 unspecified atom stereocenters. The summed E-state index contributed by atoms with van der Waals surface area (Å²) in [6.45, 7) is 0.747. The van der Waals surface area contributed by atoms with E-state index in [1.165, 1.54) is 37.7 Å². The molecule has 0 aromatic heterocycles. The number of hydrogen-bond acceptors (Lipinski definition) is 1. The lowest BCUT2D eigenvalue weighted by atomic mass is 9.96. The van der Waals surface area contributed by atoms with Gasteiger partial charge in [-0.1, -0.05) is 49.1 Å². The number of hydrogen-bond donors (Lipinski definition) is 2. The number of aliphatic imine (C=N–C) groups is 1. The van der Waals surface area contributed by atoms with E-state index in [0.29, 0.717) is 12.0 Å². The smallest absolute Gasteiger partial charge is 0.188 e. The summed E-state index contributed by atoms with van der Waals surface area (Å²) in [4.78, 5) is 4.40. The first-order chi connectivity index (χ1) is 9.75. The van der Waals surface area contributed by atoms with Gasteiger partial charge in [-0.25, -0.2) is 0 Å². The number of guanidine groups is 1. The summed E-state index contributed by atoms with van der Waals surface area (Å²) in [6, 6.07) is 8.49. The van der Waals surface area contributed by atoms with Crippen LogP contribution in [0.15, 0.2) is 29.3 Å². The molecule has 0 amide bonds. The third-order valence-electron chi connectivity index (χ3n) is 3.80. The highest BCUT2D eigenvalue weighted by Gasteiger charge is 2.13. The molecule has 1 fully saturated rings. The van der Waals surface area contributed by atoms with E-state index in [-0.39, 0.29) is 0 Å². The second kappa shape index (κ2) is 8.15. The highest BCUT2D eigenvalue weighted by molar-refractivity contribution is 6.31. The quantitative estimate of drug-likeness (QED) is 0.496. The van der Waals surface area contributed by atoms with Crippen LogP contribution in [-0.4, -0.2) is 18.5 Å². The van der Waals surface area contributed by atoms with Crippen LogP contribution in [0.2, 0.25) is 5.02 Å². The Kier molecular flexibility index (Phi) is 6.19. The molecule has 110 valence electrons. The van der Waals surface area contributed by atoms with Crippen LogP contribution >= 0.6 is 11.6 Å². The Bertz CT molecular complexity index is 439. The molecule has 0 heterocycles. The highest BCUT2D eigenvalue weighted by Crippen LogP contribution is 2.17. The maximum atomic E-state index is 6.12. The molecular formula is C16H24ClN3. The first-order valence-electron chi connectivity index (χ1n) is 7.55. The van der Waals surface area contributed by atoms with Crippen LogP contribution in [0.1, 0.15) is 44.1 Å². The lowest BCUT2D eigenvalue weighted by Crippen LogP contribution is -2.41. The minimum absolute atomic E-state index is 0.524. The third kappa shape index (κ3) is 5.04. The van der Waals surface area contributed by atoms with Crippen LogP contribution < -0.4 is 11.1 Å². The fraction of sp³-hybridized carbons (Fsp3) is 0.562. The van der Waals surface area contributed by atoms with Gasteiger partial charge in [-0.15, -0.1) is 0 Å². The summed E-state index contributed by atoms with van der Waals surface area (Å²) in [7, 11) is 0. The Hall–Kier alpha value is -1.22. The maximum absolute atomic E-state index is 6.12. The third-order valence-corrected chi connectivity index (χ3v) is 4.17. The van der Waals surface area contributed by atoms with Gasteiger partial charge in [-0.2, -0.15) is 0 Å². The van der Waals surface area contributed by atoms with Gasteiger partial charge in [0.1, 0.15) is 0 Å². The Labute approximate surface area is 126 Å². The van der Waals surface area contributed by atoms with Crippen molar-refractivity contribution in [1.29, 1.82) is 0 Å². The lowest BCUT2D eigenvalue weighted by molar-refractivity contribution is 0.412. The van der Waals surface area contributed by atoms with E-state index in [0.717, 1.165) is 24.4 Å². The monoisotopic (exact) mass is 293 g/mol. The molecule has 3 nitrogen and oxygen atoms in total. The van der Waals surface area contributed by atoms with Crippen molar-refractivity contribution in [3.63, 3.8) is 0 Å². The van der Waals surface area contributed by atoms with Crippen LogP contribution in [0.25, 0.3) is 0 Å². The van der Waals surface area contributed by atoms with Crippen LogP contribution in [-0.2, 0) is 6.42 Å². The van der Waals surface area contributed by atoms with Crippen molar-refractivity contribution in [2.75, 3.05) is 6.54 Å². The zero-order valence-electron chi connectivity index (χ0n) is 11.9. The predicted octanol–water partition coefficient (Wildman–Crippen LogP) is 3.51. The molecule has 1 aliphatic carbocycles. The molecule has 0 spiro atoms. The summed E-state index contributed by atoms with van der Waals surface area (Å²) >= 11 is 6.12. The Morgan fingerprint density at radius 3 is 2.75 bits per heavy atom.